The van der Waals surface area contributed by atoms with Crippen molar-refractivity contribution in [3.8, 4) is 0 Å². The van der Waals surface area contributed by atoms with E-state index in [4.69, 9.17) is 4.74 Å². The number of fused-ring (bicyclic) bond motifs is 1. The number of nitrogens with one attached hydrogen (secondary N) is 2. The van der Waals surface area contributed by atoms with Crippen molar-refractivity contribution in [1.82, 2.24) is 4.72 Å². The highest BCUT2D eigenvalue weighted by atomic mass is 32.2. The van der Waals surface area contributed by atoms with Crippen molar-refractivity contribution in [3.63, 3.8) is 0 Å². The minimum absolute atomic E-state index is 0.534. The van der Waals surface area contributed by atoms with Gasteiger partial charge in [-0.05, 0) is 61.6 Å². The summed E-state index contributed by atoms with van der Waals surface area (Å²) < 4.78 is 44.7. The van der Waals surface area contributed by atoms with Crippen molar-refractivity contribution < 1.29 is 27.1 Å². The molecule has 2 aromatic carbocycles. The van der Waals surface area contributed by atoms with Crippen molar-refractivity contribution in [3.05, 3.63) is 59.4 Å². The number of carbonyl (C=O) groups is 2. The number of ether oxygens (including phenoxy) is 1. The molecule has 0 radical (unpaired) electrons. The van der Waals surface area contributed by atoms with Gasteiger partial charge in [0.15, 0.2) is 6.10 Å². The first-order valence-electron chi connectivity index (χ1n) is 9.12. The lowest BCUT2D eigenvalue weighted by molar-refractivity contribution is -0.151. The van der Waals surface area contributed by atoms with Crippen LogP contribution in [0.2, 0.25) is 0 Å². The van der Waals surface area contributed by atoms with E-state index in [0.717, 1.165) is 31.4 Å². The second kappa shape index (κ2) is 8.71. The van der Waals surface area contributed by atoms with Crippen LogP contribution >= 0.6 is 0 Å². The summed E-state index contributed by atoms with van der Waals surface area (Å²) >= 11 is 0. The third-order valence-electron chi connectivity index (χ3n) is 4.58. The molecule has 29 heavy (non-hydrogen) atoms. The molecule has 0 saturated heterocycles. The van der Waals surface area contributed by atoms with Crippen LogP contribution in [-0.4, -0.2) is 32.9 Å². The van der Waals surface area contributed by atoms with Crippen molar-refractivity contribution >= 4 is 27.6 Å². The number of hydrogen-bond acceptors (Lipinski definition) is 5. The number of anilines is 1. The molecule has 1 aliphatic carbocycles. The lowest BCUT2D eigenvalue weighted by Crippen LogP contribution is -2.36. The van der Waals surface area contributed by atoms with E-state index in [9.17, 15) is 22.4 Å². The number of carbonyl (C=O) groups excluding carboxylic acids is 2. The Kier molecular flexibility index (Phi) is 6.29. The van der Waals surface area contributed by atoms with E-state index in [1.807, 2.05) is 16.9 Å². The molecule has 154 valence electrons. The first-order valence-corrected chi connectivity index (χ1v) is 10.6. The zero-order valence-corrected chi connectivity index (χ0v) is 16.6. The van der Waals surface area contributed by atoms with Crippen LogP contribution in [0.4, 0.5) is 10.1 Å². The van der Waals surface area contributed by atoms with Crippen LogP contribution in [0.5, 0.6) is 0 Å². The van der Waals surface area contributed by atoms with Gasteiger partial charge in [0.05, 0.1) is 0 Å². The SMILES string of the molecule is C[C@H](OC(=O)CNS(=O)(=O)c1ccccc1F)C(=O)Nc1ccc2c(c1)CCC2. The zero-order chi connectivity index (χ0) is 21.0. The number of benzene rings is 2. The fourth-order valence-corrected chi connectivity index (χ4v) is 4.13. The Labute approximate surface area is 168 Å². The van der Waals surface area contributed by atoms with Crippen molar-refractivity contribution in [2.24, 2.45) is 0 Å². The Morgan fingerprint density at radius 1 is 1.14 bits per heavy atom. The van der Waals surface area contributed by atoms with Gasteiger partial charge in [-0.1, -0.05) is 18.2 Å². The lowest BCUT2D eigenvalue weighted by atomic mass is 10.1. The summed E-state index contributed by atoms with van der Waals surface area (Å²) in [5.41, 5.74) is 3.07. The van der Waals surface area contributed by atoms with E-state index in [1.165, 1.54) is 30.2 Å². The topological polar surface area (TPSA) is 102 Å². The smallest absolute Gasteiger partial charge is 0.321 e. The van der Waals surface area contributed by atoms with E-state index in [1.54, 1.807) is 6.07 Å². The van der Waals surface area contributed by atoms with Crippen LogP contribution in [0.25, 0.3) is 0 Å². The van der Waals surface area contributed by atoms with Crippen molar-refractivity contribution in [2.45, 2.75) is 37.2 Å². The van der Waals surface area contributed by atoms with E-state index in [-0.39, 0.29) is 0 Å². The second-order valence-corrected chi connectivity index (χ2v) is 8.45. The summed E-state index contributed by atoms with van der Waals surface area (Å²) in [6, 6.07) is 10.4. The van der Waals surface area contributed by atoms with Gasteiger partial charge in [0.1, 0.15) is 17.3 Å². The molecule has 0 heterocycles. The quantitative estimate of drug-likeness (QED) is 0.669. The van der Waals surface area contributed by atoms with E-state index in [2.05, 4.69) is 5.32 Å². The number of hydrogen-bond donors (Lipinski definition) is 2. The van der Waals surface area contributed by atoms with Gasteiger partial charge in [0.25, 0.3) is 5.91 Å². The van der Waals surface area contributed by atoms with Crippen molar-refractivity contribution in [1.29, 1.82) is 0 Å². The molecular weight excluding hydrogens is 399 g/mol. The normalized spacial score (nSPS) is 14.1. The highest BCUT2D eigenvalue weighted by Crippen LogP contribution is 2.25. The van der Waals surface area contributed by atoms with E-state index in [0.29, 0.717) is 5.69 Å². The molecule has 2 N–H and O–H groups in total. The Hall–Kier alpha value is -2.78. The van der Waals surface area contributed by atoms with E-state index >= 15 is 0 Å². The van der Waals surface area contributed by atoms with E-state index < -0.39 is 45.3 Å². The second-order valence-electron chi connectivity index (χ2n) is 6.71. The molecule has 0 fully saturated rings. The van der Waals surface area contributed by atoms with Gasteiger partial charge in [-0.15, -0.1) is 0 Å². The summed E-state index contributed by atoms with van der Waals surface area (Å²) in [6.45, 7) is 0.652. The van der Waals surface area contributed by atoms with Gasteiger partial charge < -0.3 is 10.1 Å². The van der Waals surface area contributed by atoms with Crippen LogP contribution in [0.1, 0.15) is 24.5 Å². The molecule has 0 aromatic heterocycles. The largest absolute Gasteiger partial charge is 0.452 e. The van der Waals surface area contributed by atoms with Crippen LogP contribution in [0.3, 0.4) is 0 Å². The number of esters is 1. The number of rotatable bonds is 7. The van der Waals surface area contributed by atoms with Gasteiger partial charge in [0, 0.05) is 5.69 Å². The average Bonchev–Trinajstić information content (AvgIpc) is 3.14. The number of amides is 1. The molecular formula is C20H21FN2O5S. The van der Waals surface area contributed by atoms with Gasteiger partial charge in [-0.25, -0.2) is 12.8 Å². The van der Waals surface area contributed by atoms with Crippen LogP contribution in [-0.2, 0) is 37.2 Å². The minimum atomic E-state index is -4.22. The standard InChI is InChI=1S/C20H21FN2O5S/c1-13(20(25)23-16-10-9-14-5-4-6-15(14)11-16)28-19(24)12-22-29(26,27)18-8-3-2-7-17(18)21/h2-3,7-11,13,22H,4-6,12H2,1H3,(H,23,25)/t13-/m0/s1. The molecule has 9 heteroatoms. The van der Waals surface area contributed by atoms with Crippen molar-refractivity contribution in [2.75, 3.05) is 11.9 Å². The highest BCUT2D eigenvalue weighted by Gasteiger charge is 2.22. The monoisotopic (exact) mass is 420 g/mol. The zero-order valence-electron chi connectivity index (χ0n) is 15.8. The Balaban J connectivity index is 1.52. The van der Waals surface area contributed by atoms with Crippen LogP contribution < -0.4 is 10.0 Å². The molecule has 3 rings (SSSR count). The fourth-order valence-electron chi connectivity index (χ4n) is 3.08. The molecule has 0 saturated carbocycles. The Morgan fingerprint density at radius 3 is 2.62 bits per heavy atom. The van der Waals surface area contributed by atoms with Crippen LogP contribution in [0, 0.1) is 5.82 Å². The average molecular weight is 420 g/mol. The molecule has 1 amide bonds. The number of halogens is 1. The maximum atomic E-state index is 13.6. The highest BCUT2D eigenvalue weighted by molar-refractivity contribution is 7.89. The van der Waals surface area contributed by atoms with Crippen LogP contribution in [0.15, 0.2) is 47.4 Å². The fraction of sp³-hybridized carbons (Fsp3) is 0.300. The molecule has 1 atom stereocenters. The molecule has 0 bridgehead atoms. The first kappa shape index (κ1) is 20.9. The van der Waals surface area contributed by atoms with Gasteiger partial charge in [-0.2, -0.15) is 4.72 Å². The molecule has 2 aromatic rings. The molecule has 1 aliphatic rings. The Bertz CT molecular complexity index is 1040. The summed E-state index contributed by atoms with van der Waals surface area (Å²) in [5.74, 6) is -2.43. The lowest BCUT2D eigenvalue weighted by Gasteiger charge is -2.14. The maximum absolute atomic E-state index is 13.6. The Morgan fingerprint density at radius 2 is 1.86 bits per heavy atom. The third-order valence-corrected chi connectivity index (χ3v) is 6.01. The maximum Gasteiger partial charge on any atom is 0.321 e. The number of aryl methyl sites for hydroxylation is 2. The summed E-state index contributed by atoms with van der Waals surface area (Å²) in [5, 5.41) is 2.68. The number of sulfonamides is 1. The predicted molar refractivity (Wildman–Crippen MR) is 104 cm³/mol. The molecule has 7 nitrogen and oxygen atoms in total. The first-order chi connectivity index (χ1) is 13.8. The van der Waals surface area contributed by atoms with Gasteiger partial charge in [0.2, 0.25) is 10.0 Å². The minimum Gasteiger partial charge on any atom is -0.452 e. The van der Waals surface area contributed by atoms with Gasteiger partial charge >= 0.3 is 5.97 Å². The summed E-state index contributed by atoms with van der Waals surface area (Å²) in [6.07, 6.45) is 1.95. The van der Waals surface area contributed by atoms with Gasteiger partial charge in [-0.3, -0.25) is 9.59 Å². The molecule has 0 unspecified atom stereocenters. The predicted octanol–water partition coefficient (Wildman–Crippen LogP) is 2.16. The molecule has 0 spiro atoms. The summed E-state index contributed by atoms with van der Waals surface area (Å²) in [7, 11) is -4.22. The third kappa shape index (κ3) is 5.18. The molecule has 0 aliphatic heterocycles. The summed E-state index contributed by atoms with van der Waals surface area (Å²) in [4.78, 5) is 23.6.